The zero-order valence-electron chi connectivity index (χ0n) is 8.86. The van der Waals surface area contributed by atoms with Crippen LogP contribution in [0.3, 0.4) is 0 Å². The second-order valence-electron chi connectivity index (χ2n) is 4.97. The number of aliphatic imine (C=N–C) groups is 1. The van der Waals surface area contributed by atoms with Crippen molar-refractivity contribution in [1.29, 1.82) is 0 Å². The summed E-state index contributed by atoms with van der Waals surface area (Å²) in [6.45, 7) is 3.03. The van der Waals surface area contributed by atoms with Crippen LogP contribution < -0.4 is 11.1 Å². The van der Waals surface area contributed by atoms with Gasteiger partial charge in [-0.25, -0.2) is 4.79 Å². The number of hydrogen-bond donors (Lipinski definition) is 2. The van der Waals surface area contributed by atoms with Gasteiger partial charge in [0.1, 0.15) is 11.4 Å². The maximum absolute atomic E-state index is 11.2. The number of nitrogens with zero attached hydrogens (tertiary/aromatic N) is 2. The van der Waals surface area contributed by atoms with Crippen molar-refractivity contribution in [3.8, 4) is 0 Å². The molecule has 2 fully saturated rings. The fraction of sp³-hybridized carbons (Fsp3) is 0.800. The van der Waals surface area contributed by atoms with Crippen molar-refractivity contribution in [3.63, 3.8) is 0 Å². The maximum Gasteiger partial charge on any atom is 0.343 e. The predicted octanol–water partition coefficient (Wildman–Crippen LogP) is 0.0622. The number of likely N-dealkylation sites (tertiary alicyclic amines) is 1. The fourth-order valence-corrected chi connectivity index (χ4v) is 2.84. The molecule has 0 bridgehead atoms. The lowest BCUT2D eigenvalue weighted by molar-refractivity contribution is 0.240. The summed E-state index contributed by atoms with van der Waals surface area (Å²) in [5, 5.41) is 2.91. The van der Waals surface area contributed by atoms with E-state index in [1.807, 2.05) is 0 Å². The van der Waals surface area contributed by atoms with Crippen molar-refractivity contribution < 1.29 is 4.79 Å². The van der Waals surface area contributed by atoms with Crippen molar-refractivity contribution in [2.45, 2.75) is 43.8 Å². The molecule has 0 aromatic heterocycles. The summed E-state index contributed by atoms with van der Waals surface area (Å²) < 4.78 is 0. The molecule has 1 aliphatic carbocycles. The van der Waals surface area contributed by atoms with Gasteiger partial charge in [0.25, 0.3) is 0 Å². The summed E-state index contributed by atoms with van der Waals surface area (Å²) in [5.41, 5.74) is 5.49. The number of nitrogens with two attached hydrogens (primary N) is 1. The minimum Gasteiger partial charge on any atom is -0.385 e. The molecule has 0 aromatic carbocycles. The molecule has 2 atom stereocenters. The van der Waals surface area contributed by atoms with Crippen LogP contribution in [0.2, 0.25) is 0 Å². The van der Waals surface area contributed by atoms with Crippen molar-refractivity contribution >= 4 is 11.9 Å². The van der Waals surface area contributed by atoms with E-state index >= 15 is 0 Å². The van der Waals surface area contributed by atoms with E-state index in [2.05, 4.69) is 22.1 Å². The van der Waals surface area contributed by atoms with Gasteiger partial charge in [-0.05, 0) is 26.2 Å². The Kier molecular flexibility index (Phi) is 1.66. The first-order valence-electron chi connectivity index (χ1n) is 5.53. The highest BCUT2D eigenvalue weighted by Gasteiger charge is 2.52. The Labute approximate surface area is 88.7 Å². The quantitative estimate of drug-likeness (QED) is 0.640. The molecule has 0 aromatic rings. The highest BCUT2D eigenvalue weighted by molar-refractivity contribution is 6.06. The zero-order valence-corrected chi connectivity index (χ0v) is 8.86. The number of nitrogens with one attached hydrogen (secondary N) is 1. The summed E-state index contributed by atoms with van der Waals surface area (Å²) in [7, 11) is 0. The molecule has 1 saturated carbocycles. The van der Waals surface area contributed by atoms with Crippen LogP contribution in [0.1, 0.15) is 26.2 Å². The molecule has 0 radical (unpaired) electrons. The van der Waals surface area contributed by atoms with Gasteiger partial charge in [0, 0.05) is 18.6 Å². The molecule has 5 heteroatoms. The first-order chi connectivity index (χ1) is 7.11. The molecule has 3 rings (SSSR count). The first-order valence-corrected chi connectivity index (χ1v) is 5.53. The molecule has 2 amide bonds. The third kappa shape index (κ3) is 1.26. The zero-order chi connectivity index (χ0) is 10.6. The summed E-state index contributed by atoms with van der Waals surface area (Å²) in [6.07, 6.45) is 3.46. The molecule has 2 heterocycles. The van der Waals surface area contributed by atoms with E-state index < -0.39 is 0 Å². The maximum atomic E-state index is 11.2. The lowest BCUT2D eigenvalue weighted by Crippen LogP contribution is -2.53. The number of rotatable bonds is 1. The first kappa shape index (κ1) is 9.15. The number of amidine groups is 1. The van der Waals surface area contributed by atoms with Crippen LogP contribution in [-0.2, 0) is 0 Å². The number of hydrogen-bond acceptors (Lipinski definition) is 3. The van der Waals surface area contributed by atoms with Gasteiger partial charge in [0.05, 0.1) is 0 Å². The van der Waals surface area contributed by atoms with Crippen LogP contribution in [0.25, 0.3) is 0 Å². The summed E-state index contributed by atoms with van der Waals surface area (Å²) in [5.74, 6) is 0.475. The van der Waals surface area contributed by atoms with Gasteiger partial charge in [-0.3, -0.25) is 4.90 Å². The summed E-state index contributed by atoms with van der Waals surface area (Å²) in [6, 6.07) is 0.923. The average Bonchev–Trinajstić information content (AvgIpc) is 2.87. The minimum atomic E-state index is -0.362. The Hall–Kier alpha value is -1.10. The van der Waals surface area contributed by atoms with Crippen molar-refractivity contribution in [1.82, 2.24) is 10.2 Å². The van der Waals surface area contributed by atoms with Crippen molar-refractivity contribution in [3.05, 3.63) is 0 Å². The van der Waals surface area contributed by atoms with E-state index in [1.165, 1.54) is 12.8 Å². The number of amides is 2. The number of urea groups is 1. The highest BCUT2D eigenvalue weighted by atomic mass is 16.2. The van der Waals surface area contributed by atoms with Gasteiger partial charge in [-0.15, -0.1) is 0 Å². The molecule has 1 saturated heterocycles. The van der Waals surface area contributed by atoms with E-state index in [9.17, 15) is 4.79 Å². The van der Waals surface area contributed by atoms with Gasteiger partial charge >= 0.3 is 6.03 Å². The second kappa shape index (κ2) is 2.72. The van der Waals surface area contributed by atoms with Gasteiger partial charge in [0.15, 0.2) is 0 Å². The average molecular weight is 208 g/mol. The van der Waals surface area contributed by atoms with Gasteiger partial charge in [-0.1, -0.05) is 0 Å². The monoisotopic (exact) mass is 208 g/mol. The smallest absolute Gasteiger partial charge is 0.343 e. The Morgan fingerprint density at radius 1 is 1.60 bits per heavy atom. The molecular weight excluding hydrogens is 192 g/mol. The van der Waals surface area contributed by atoms with Gasteiger partial charge in [0.2, 0.25) is 0 Å². The van der Waals surface area contributed by atoms with Crippen LogP contribution >= 0.6 is 0 Å². The molecule has 5 nitrogen and oxygen atoms in total. The fourth-order valence-electron chi connectivity index (χ4n) is 2.84. The van der Waals surface area contributed by atoms with Crippen LogP contribution in [0.15, 0.2) is 4.99 Å². The van der Waals surface area contributed by atoms with Crippen LogP contribution in [0.4, 0.5) is 4.79 Å². The molecule has 3 N–H and O–H groups in total. The topological polar surface area (TPSA) is 70.7 Å². The lowest BCUT2D eigenvalue weighted by Gasteiger charge is -2.24. The largest absolute Gasteiger partial charge is 0.385 e. The Morgan fingerprint density at radius 2 is 2.33 bits per heavy atom. The lowest BCUT2D eigenvalue weighted by atomic mass is 9.96. The second-order valence-corrected chi connectivity index (χ2v) is 4.97. The van der Waals surface area contributed by atoms with E-state index in [-0.39, 0.29) is 11.6 Å². The van der Waals surface area contributed by atoms with Crippen LogP contribution in [0.5, 0.6) is 0 Å². The molecule has 2 aliphatic heterocycles. The highest BCUT2D eigenvalue weighted by Crippen LogP contribution is 2.38. The Morgan fingerprint density at radius 3 is 2.87 bits per heavy atom. The molecule has 15 heavy (non-hydrogen) atoms. The van der Waals surface area contributed by atoms with E-state index in [1.54, 1.807) is 0 Å². The van der Waals surface area contributed by atoms with Crippen LogP contribution in [0, 0.1) is 0 Å². The third-order valence-electron chi connectivity index (χ3n) is 3.74. The molecule has 2 unspecified atom stereocenters. The van der Waals surface area contributed by atoms with Crippen LogP contribution in [-0.4, -0.2) is 40.9 Å². The van der Waals surface area contributed by atoms with E-state index in [0.717, 1.165) is 13.0 Å². The molecule has 3 aliphatic rings. The molecule has 1 spiro atoms. The van der Waals surface area contributed by atoms with Crippen molar-refractivity contribution in [2.24, 2.45) is 10.7 Å². The standard InChI is InChI=1S/C10H16N4O/c1-6-4-10(5-14(6)7-2-3-7)8(11)12-9(15)13-10/h6-7H,2-5H2,1H3,(H3,11,12,13,15). The number of carbonyl (C=O) groups is 1. The summed E-state index contributed by atoms with van der Waals surface area (Å²) in [4.78, 5) is 17.5. The number of carbonyl (C=O) groups excluding carboxylic acids is 1. The molecular formula is C10H16N4O. The normalized spacial score (nSPS) is 41.0. The summed E-state index contributed by atoms with van der Waals surface area (Å²) >= 11 is 0. The van der Waals surface area contributed by atoms with E-state index in [4.69, 9.17) is 5.73 Å². The molecule has 82 valence electrons. The van der Waals surface area contributed by atoms with E-state index in [0.29, 0.717) is 17.9 Å². The predicted molar refractivity (Wildman–Crippen MR) is 56.7 cm³/mol. The van der Waals surface area contributed by atoms with Gasteiger partial charge in [-0.2, -0.15) is 4.99 Å². The SMILES string of the molecule is CC1CC2(CN1C1CC1)NC(=O)N=C2N. The van der Waals surface area contributed by atoms with Crippen molar-refractivity contribution in [2.75, 3.05) is 6.54 Å². The van der Waals surface area contributed by atoms with Gasteiger partial charge < -0.3 is 11.1 Å². The third-order valence-corrected chi connectivity index (χ3v) is 3.74. The minimum absolute atomic E-state index is 0.280. The Balaban J connectivity index is 1.84. The Bertz CT molecular complexity index is 349.